The summed E-state index contributed by atoms with van der Waals surface area (Å²) in [6, 6.07) is 11.4. The quantitative estimate of drug-likeness (QED) is 0.853. The van der Waals surface area contributed by atoms with E-state index in [2.05, 4.69) is 15.6 Å². The number of aromatic nitrogens is 1. The molecule has 0 radical (unpaired) electrons. The first-order valence-electron chi connectivity index (χ1n) is 7.93. The SMILES string of the molecule is O=C(NCCc1ccccc1F)c1cccc(C(=O)NC2CC2)n1. The van der Waals surface area contributed by atoms with E-state index in [0.29, 0.717) is 18.5 Å². The normalized spacial score (nSPS) is 13.4. The molecular formula is C18H18FN3O2. The van der Waals surface area contributed by atoms with Gasteiger partial charge in [-0.15, -0.1) is 0 Å². The summed E-state index contributed by atoms with van der Waals surface area (Å²) in [4.78, 5) is 28.2. The van der Waals surface area contributed by atoms with Crippen LogP contribution >= 0.6 is 0 Å². The van der Waals surface area contributed by atoms with Crippen LogP contribution in [0.15, 0.2) is 42.5 Å². The summed E-state index contributed by atoms with van der Waals surface area (Å²) >= 11 is 0. The molecule has 0 unspecified atom stereocenters. The van der Waals surface area contributed by atoms with Crippen LogP contribution in [-0.4, -0.2) is 29.4 Å². The Kier molecular flexibility index (Phi) is 4.84. The van der Waals surface area contributed by atoms with Gasteiger partial charge in [-0.05, 0) is 43.0 Å². The highest BCUT2D eigenvalue weighted by Gasteiger charge is 2.24. The van der Waals surface area contributed by atoms with Crippen molar-refractivity contribution >= 4 is 11.8 Å². The van der Waals surface area contributed by atoms with Crippen molar-refractivity contribution in [3.8, 4) is 0 Å². The monoisotopic (exact) mass is 327 g/mol. The number of nitrogens with one attached hydrogen (secondary N) is 2. The zero-order valence-corrected chi connectivity index (χ0v) is 13.1. The van der Waals surface area contributed by atoms with Crippen molar-refractivity contribution in [2.75, 3.05) is 6.54 Å². The van der Waals surface area contributed by atoms with Crippen LogP contribution in [0.3, 0.4) is 0 Å². The number of benzene rings is 1. The van der Waals surface area contributed by atoms with Crippen LogP contribution in [0.1, 0.15) is 39.4 Å². The third-order valence-electron chi connectivity index (χ3n) is 3.76. The molecule has 1 fully saturated rings. The van der Waals surface area contributed by atoms with Crippen molar-refractivity contribution in [2.45, 2.75) is 25.3 Å². The van der Waals surface area contributed by atoms with Crippen molar-refractivity contribution < 1.29 is 14.0 Å². The second kappa shape index (κ2) is 7.21. The van der Waals surface area contributed by atoms with Gasteiger partial charge in [-0.1, -0.05) is 24.3 Å². The minimum atomic E-state index is -0.382. The summed E-state index contributed by atoms with van der Waals surface area (Å²) in [7, 11) is 0. The molecule has 1 heterocycles. The number of hydrogen-bond donors (Lipinski definition) is 2. The van der Waals surface area contributed by atoms with Crippen LogP contribution in [-0.2, 0) is 6.42 Å². The van der Waals surface area contributed by atoms with Crippen molar-refractivity contribution in [1.82, 2.24) is 15.6 Å². The van der Waals surface area contributed by atoms with Gasteiger partial charge in [0.15, 0.2) is 0 Å². The molecule has 2 aromatic rings. The predicted octanol–water partition coefficient (Wildman–Crippen LogP) is 2.09. The lowest BCUT2D eigenvalue weighted by atomic mass is 10.1. The number of carbonyl (C=O) groups is 2. The van der Waals surface area contributed by atoms with E-state index in [1.54, 1.807) is 36.4 Å². The molecule has 1 saturated carbocycles. The molecule has 0 saturated heterocycles. The van der Waals surface area contributed by atoms with Crippen molar-refractivity contribution in [1.29, 1.82) is 0 Å². The van der Waals surface area contributed by atoms with Crippen LogP contribution in [0.5, 0.6) is 0 Å². The largest absolute Gasteiger partial charge is 0.350 e. The summed E-state index contributed by atoms with van der Waals surface area (Å²) in [6.45, 7) is 0.292. The summed E-state index contributed by atoms with van der Waals surface area (Å²) in [5, 5.41) is 5.53. The topological polar surface area (TPSA) is 71.1 Å². The summed E-state index contributed by atoms with van der Waals surface area (Å²) in [6.07, 6.45) is 2.37. The lowest BCUT2D eigenvalue weighted by Crippen LogP contribution is -2.29. The van der Waals surface area contributed by atoms with Crippen LogP contribution in [0.4, 0.5) is 4.39 Å². The summed E-state index contributed by atoms with van der Waals surface area (Å²) < 4.78 is 13.5. The Morgan fingerprint density at radius 3 is 2.46 bits per heavy atom. The molecule has 124 valence electrons. The van der Waals surface area contributed by atoms with Gasteiger partial charge in [-0.25, -0.2) is 9.37 Å². The number of nitrogens with zero attached hydrogens (tertiary/aromatic N) is 1. The summed E-state index contributed by atoms with van der Waals surface area (Å²) in [5.41, 5.74) is 0.943. The highest BCUT2D eigenvalue weighted by Crippen LogP contribution is 2.19. The molecule has 0 atom stereocenters. The van der Waals surface area contributed by atoms with Crippen LogP contribution < -0.4 is 10.6 Å². The van der Waals surface area contributed by atoms with E-state index >= 15 is 0 Å². The summed E-state index contributed by atoms with van der Waals surface area (Å²) in [5.74, 6) is -0.936. The fraction of sp³-hybridized carbons (Fsp3) is 0.278. The fourth-order valence-corrected chi connectivity index (χ4v) is 2.28. The molecule has 0 aliphatic heterocycles. The van der Waals surface area contributed by atoms with Crippen molar-refractivity contribution in [3.05, 3.63) is 65.2 Å². The van der Waals surface area contributed by atoms with Crippen molar-refractivity contribution in [2.24, 2.45) is 0 Å². The molecule has 1 aromatic heterocycles. The van der Waals surface area contributed by atoms with Crippen LogP contribution in [0.25, 0.3) is 0 Å². The van der Waals surface area contributed by atoms with E-state index in [1.165, 1.54) is 6.07 Å². The molecule has 24 heavy (non-hydrogen) atoms. The lowest BCUT2D eigenvalue weighted by molar-refractivity contribution is 0.0943. The Morgan fingerprint density at radius 1 is 1.04 bits per heavy atom. The van der Waals surface area contributed by atoms with Gasteiger partial charge in [-0.2, -0.15) is 0 Å². The van der Waals surface area contributed by atoms with Gasteiger partial charge in [-0.3, -0.25) is 9.59 Å². The zero-order valence-electron chi connectivity index (χ0n) is 13.1. The third-order valence-corrected chi connectivity index (χ3v) is 3.76. The molecule has 0 bridgehead atoms. The van der Waals surface area contributed by atoms with Gasteiger partial charge in [0.2, 0.25) is 0 Å². The average molecular weight is 327 g/mol. The minimum Gasteiger partial charge on any atom is -0.350 e. The molecule has 3 rings (SSSR count). The maximum atomic E-state index is 13.5. The second-order valence-electron chi connectivity index (χ2n) is 5.75. The highest BCUT2D eigenvalue weighted by atomic mass is 19.1. The molecule has 1 aromatic carbocycles. The van der Waals surface area contributed by atoms with E-state index in [9.17, 15) is 14.0 Å². The fourth-order valence-electron chi connectivity index (χ4n) is 2.28. The van der Waals surface area contributed by atoms with Crippen LogP contribution in [0.2, 0.25) is 0 Å². The minimum absolute atomic E-state index is 0.173. The molecule has 1 aliphatic carbocycles. The van der Waals surface area contributed by atoms with Gasteiger partial charge >= 0.3 is 0 Å². The smallest absolute Gasteiger partial charge is 0.270 e. The Balaban J connectivity index is 1.56. The lowest BCUT2D eigenvalue weighted by Gasteiger charge is -2.07. The van der Waals surface area contributed by atoms with Gasteiger partial charge < -0.3 is 10.6 Å². The van der Waals surface area contributed by atoms with Gasteiger partial charge in [0, 0.05) is 12.6 Å². The maximum absolute atomic E-state index is 13.5. The van der Waals surface area contributed by atoms with Crippen molar-refractivity contribution in [3.63, 3.8) is 0 Å². The van der Waals surface area contributed by atoms with Gasteiger partial charge in [0.1, 0.15) is 17.2 Å². The average Bonchev–Trinajstić information content (AvgIpc) is 3.40. The number of rotatable bonds is 6. The Hall–Kier alpha value is -2.76. The maximum Gasteiger partial charge on any atom is 0.270 e. The molecule has 2 N–H and O–H groups in total. The van der Waals surface area contributed by atoms with E-state index in [1.807, 2.05) is 0 Å². The number of hydrogen-bond acceptors (Lipinski definition) is 3. The first kappa shape index (κ1) is 16.1. The number of carbonyl (C=O) groups excluding carboxylic acids is 2. The standard InChI is InChI=1S/C18H18FN3O2/c19-14-5-2-1-4-12(14)10-11-20-17(23)15-6-3-7-16(22-15)18(24)21-13-8-9-13/h1-7,13H,8-11H2,(H,20,23)(H,21,24). The van der Waals surface area contributed by atoms with E-state index < -0.39 is 0 Å². The highest BCUT2D eigenvalue weighted by molar-refractivity contribution is 5.96. The Morgan fingerprint density at radius 2 is 1.75 bits per heavy atom. The zero-order chi connectivity index (χ0) is 16.9. The number of pyridine rings is 1. The molecule has 6 heteroatoms. The van der Waals surface area contributed by atoms with E-state index in [0.717, 1.165) is 12.8 Å². The predicted molar refractivity (Wildman–Crippen MR) is 87.2 cm³/mol. The number of halogens is 1. The third kappa shape index (κ3) is 4.16. The molecule has 1 aliphatic rings. The van der Waals surface area contributed by atoms with E-state index in [-0.39, 0.29) is 35.1 Å². The van der Waals surface area contributed by atoms with Gasteiger partial charge in [0.05, 0.1) is 0 Å². The molecule has 2 amide bonds. The Labute approximate surface area is 139 Å². The second-order valence-corrected chi connectivity index (χ2v) is 5.75. The first-order valence-corrected chi connectivity index (χ1v) is 7.93. The van der Waals surface area contributed by atoms with E-state index in [4.69, 9.17) is 0 Å². The molecule has 0 spiro atoms. The molecule has 5 nitrogen and oxygen atoms in total. The first-order chi connectivity index (χ1) is 11.6. The van der Waals surface area contributed by atoms with Crippen LogP contribution in [0, 0.1) is 5.82 Å². The molecular weight excluding hydrogens is 309 g/mol. The number of amides is 2. The van der Waals surface area contributed by atoms with Gasteiger partial charge in [0.25, 0.3) is 11.8 Å². The Bertz CT molecular complexity index is 759.